The summed E-state index contributed by atoms with van der Waals surface area (Å²) in [7, 11) is 0. The third kappa shape index (κ3) is 5.97. The first-order valence-electron chi connectivity index (χ1n) is 5.50. The van der Waals surface area contributed by atoms with E-state index in [1.165, 1.54) is 0 Å². The van der Waals surface area contributed by atoms with Gasteiger partial charge in [-0.25, -0.2) is 0 Å². The topological polar surface area (TPSA) is 49.3 Å². The van der Waals surface area contributed by atoms with Crippen LogP contribution in [0.1, 0.15) is 40.0 Å². The molecule has 1 unspecified atom stereocenters. The van der Waals surface area contributed by atoms with Crippen molar-refractivity contribution in [1.29, 1.82) is 0 Å². The first-order chi connectivity index (χ1) is 6.61. The summed E-state index contributed by atoms with van der Waals surface area (Å²) in [5.41, 5.74) is 0. The maximum atomic E-state index is 11.3. The number of aliphatic hydroxyl groups excluding tert-OH is 1. The van der Waals surface area contributed by atoms with Crippen LogP contribution < -0.4 is 5.32 Å². The van der Waals surface area contributed by atoms with Gasteiger partial charge in [-0.3, -0.25) is 4.79 Å². The zero-order chi connectivity index (χ0) is 11.0. The summed E-state index contributed by atoms with van der Waals surface area (Å²) in [5, 5.41) is 11.7. The van der Waals surface area contributed by atoms with Crippen LogP contribution >= 0.6 is 0 Å². The summed E-state index contributed by atoms with van der Waals surface area (Å²) in [6, 6.07) is 0. The Morgan fingerprint density at radius 2 is 2.00 bits per heavy atom. The number of hydrogen-bond acceptors (Lipinski definition) is 2. The molecule has 0 radical (unpaired) electrons. The van der Waals surface area contributed by atoms with Gasteiger partial charge in [0.15, 0.2) is 0 Å². The minimum atomic E-state index is 0.0476. The minimum Gasteiger partial charge on any atom is -0.396 e. The van der Waals surface area contributed by atoms with Crippen molar-refractivity contribution >= 4 is 5.91 Å². The number of hydrogen-bond donors (Lipinski definition) is 2. The molecule has 3 nitrogen and oxygen atoms in total. The fraction of sp³-hybridized carbons (Fsp3) is 0.909. The molecule has 3 heteroatoms. The highest BCUT2D eigenvalue weighted by Gasteiger charge is 2.11. The zero-order valence-electron chi connectivity index (χ0n) is 9.55. The molecule has 0 fully saturated rings. The van der Waals surface area contributed by atoms with Gasteiger partial charge in [-0.15, -0.1) is 0 Å². The molecule has 0 aromatic carbocycles. The normalized spacial score (nSPS) is 12.9. The Morgan fingerprint density at radius 1 is 1.36 bits per heavy atom. The number of amides is 1. The Hall–Kier alpha value is -0.570. The van der Waals surface area contributed by atoms with E-state index < -0.39 is 0 Å². The number of nitrogens with one attached hydrogen (secondary N) is 1. The van der Waals surface area contributed by atoms with E-state index in [9.17, 15) is 4.79 Å². The van der Waals surface area contributed by atoms with Crippen molar-refractivity contribution in [2.75, 3.05) is 13.2 Å². The Balaban J connectivity index is 3.74. The summed E-state index contributed by atoms with van der Waals surface area (Å²) >= 11 is 0. The van der Waals surface area contributed by atoms with Crippen LogP contribution in [0.3, 0.4) is 0 Å². The first-order valence-corrected chi connectivity index (χ1v) is 5.50. The van der Waals surface area contributed by atoms with Gasteiger partial charge in [0.2, 0.25) is 5.91 Å². The molecule has 0 aliphatic heterocycles. The molecule has 14 heavy (non-hydrogen) atoms. The lowest BCUT2D eigenvalue weighted by Crippen LogP contribution is -2.32. The van der Waals surface area contributed by atoms with Crippen molar-refractivity contribution in [1.82, 2.24) is 5.32 Å². The predicted molar refractivity (Wildman–Crippen MR) is 57.9 cm³/mol. The van der Waals surface area contributed by atoms with Crippen LogP contribution in [0.25, 0.3) is 0 Å². The highest BCUT2D eigenvalue weighted by molar-refractivity contribution is 5.77. The molecule has 0 aliphatic carbocycles. The van der Waals surface area contributed by atoms with Crippen molar-refractivity contribution in [3.63, 3.8) is 0 Å². The van der Waals surface area contributed by atoms with E-state index >= 15 is 0 Å². The fourth-order valence-corrected chi connectivity index (χ4v) is 1.39. The van der Waals surface area contributed by atoms with Gasteiger partial charge >= 0.3 is 0 Å². The van der Waals surface area contributed by atoms with Crippen molar-refractivity contribution in [3.05, 3.63) is 0 Å². The van der Waals surface area contributed by atoms with Crippen LogP contribution in [0.2, 0.25) is 0 Å². The maximum Gasteiger partial charge on any atom is 0.222 e. The van der Waals surface area contributed by atoms with Crippen LogP contribution in [-0.2, 0) is 4.79 Å². The molecule has 0 aromatic heterocycles. The number of carbonyl (C=O) groups is 1. The van der Waals surface area contributed by atoms with Gasteiger partial charge in [-0.2, -0.15) is 0 Å². The summed E-state index contributed by atoms with van der Waals surface area (Å²) in [6.07, 6.45) is 2.95. The van der Waals surface area contributed by atoms with E-state index in [2.05, 4.69) is 12.2 Å². The quantitative estimate of drug-likeness (QED) is 0.656. The fourth-order valence-electron chi connectivity index (χ4n) is 1.39. The molecule has 0 heterocycles. The smallest absolute Gasteiger partial charge is 0.222 e. The van der Waals surface area contributed by atoms with Gasteiger partial charge in [-0.05, 0) is 18.8 Å². The van der Waals surface area contributed by atoms with E-state index in [-0.39, 0.29) is 18.4 Å². The maximum absolute atomic E-state index is 11.3. The van der Waals surface area contributed by atoms with Crippen molar-refractivity contribution in [2.45, 2.75) is 40.0 Å². The standard InChI is InChI=1S/C11H23NO2/c1-4-5-10(6-7-13)8-12-11(14)9(2)3/h9-10,13H,4-8H2,1-3H3,(H,12,14). The lowest BCUT2D eigenvalue weighted by molar-refractivity contribution is -0.124. The Kier molecular flexibility index (Phi) is 7.48. The molecule has 1 atom stereocenters. The van der Waals surface area contributed by atoms with E-state index in [1.54, 1.807) is 0 Å². The summed E-state index contributed by atoms with van der Waals surface area (Å²) in [6.45, 7) is 6.80. The van der Waals surface area contributed by atoms with Gasteiger partial charge in [-0.1, -0.05) is 27.2 Å². The molecule has 0 saturated heterocycles. The molecule has 0 aliphatic rings. The van der Waals surface area contributed by atoms with E-state index in [0.29, 0.717) is 12.5 Å². The molecule has 1 amide bonds. The van der Waals surface area contributed by atoms with Crippen molar-refractivity contribution in [2.24, 2.45) is 11.8 Å². The Bertz CT molecular complexity index is 151. The average Bonchev–Trinajstić information content (AvgIpc) is 2.14. The second kappa shape index (κ2) is 7.80. The molecule has 84 valence electrons. The molecule has 0 aromatic rings. The van der Waals surface area contributed by atoms with Crippen LogP contribution in [0.15, 0.2) is 0 Å². The predicted octanol–water partition coefficient (Wildman–Crippen LogP) is 1.56. The lowest BCUT2D eigenvalue weighted by Gasteiger charge is -2.16. The average molecular weight is 201 g/mol. The summed E-state index contributed by atoms with van der Waals surface area (Å²) in [5.74, 6) is 0.572. The number of rotatable bonds is 7. The van der Waals surface area contributed by atoms with Gasteiger partial charge in [0.25, 0.3) is 0 Å². The second-order valence-electron chi connectivity index (χ2n) is 4.07. The highest BCUT2D eigenvalue weighted by Crippen LogP contribution is 2.09. The van der Waals surface area contributed by atoms with Gasteiger partial charge in [0, 0.05) is 19.1 Å². The largest absolute Gasteiger partial charge is 0.396 e. The van der Waals surface area contributed by atoms with Crippen molar-refractivity contribution in [3.8, 4) is 0 Å². The van der Waals surface area contributed by atoms with Gasteiger partial charge in [0.1, 0.15) is 0 Å². The summed E-state index contributed by atoms with van der Waals surface area (Å²) in [4.78, 5) is 11.3. The molecular formula is C11H23NO2. The molecule has 2 N–H and O–H groups in total. The zero-order valence-corrected chi connectivity index (χ0v) is 9.55. The van der Waals surface area contributed by atoms with E-state index in [4.69, 9.17) is 5.11 Å². The van der Waals surface area contributed by atoms with Crippen LogP contribution in [-0.4, -0.2) is 24.2 Å². The first kappa shape index (κ1) is 13.4. The minimum absolute atomic E-state index is 0.0476. The van der Waals surface area contributed by atoms with Crippen LogP contribution in [0, 0.1) is 11.8 Å². The Morgan fingerprint density at radius 3 is 2.43 bits per heavy atom. The molecular weight excluding hydrogens is 178 g/mol. The number of carbonyl (C=O) groups excluding carboxylic acids is 1. The lowest BCUT2D eigenvalue weighted by atomic mass is 10.00. The number of aliphatic hydroxyl groups is 1. The third-order valence-electron chi connectivity index (χ3n) is 2.32. The van der Waals surface area contributed by atoms with Gasteiger partial charge in [0.05, 0.1) is 0 Å². The molecule has 0 rings (SSSR count). The van der Waals surface area contributed by atoms with E-state index in [1.807, 2.05) is 13.8 Å². The van der Waals surface area contributed by atoms with Crippen LogP contribution in [0.5, 0.6) is 0 Å². The van der Waals surface area contributed by atoms with E-state index in [0.717, 1.165) is 19.3 Å². The summed E-state index contributed by atoms with van der Waals surface area (Å²) < 4.78 is 0. The van der Waals surface area contributed by atoms with Crippen molar-refractivity contribution < 1.29 is 9.90 Å². The second-order valence-corrected chi connectivity index (χ2v) is 4.07. The monoisotopic (exact) mass is 201 g/mol. The highest BCUT2D eigenvalue weighted by atomic mass is 16.3. The van der Waals surface area contributed by atoms with Gasteiger partial charge < -0.3 is 10.4 Å². The SMILES string of the molecule is CCCC(CCO)CNC(=O)C(C)C. The third-order valence-corrected chi connectivity index (χ3v) is 2.32. The van der Waals surface area contributed by atoms with Crippen LogP contribution in [0.4, 0.5) is 0 Å². The molecule has 0 spiro atoms. The molecule has 0 bridgehead atoms. The Labute approximate surface area is 86.9 Å². The molecule has 0 saturated carbocycles.